The van der Waals surface area contributed by atoms with Gasteiger partial charge in [0.05, 0.1) is 0 Å². The number of ketones is 2. The smallest absolute Gasteiger partial charge is 0.225 e. The molecule has 86 valence electrons. The maximum Gasteiger partial charge on any atom is 0.225 e. The molecule has 0 amide bonds. The number of carbonyl (C=O) groups is 3. The van der Waals surface area contributed by atoms with E-state index in [0.29, 0.717) is 11.1 Å². The van der Waals surface area contributed by atoms with E-state index in [1.54, 1.807) is 24.3 Å². The molecular weight excluding hydrogens is 228 g/mol. The van der Waals surface area contributed by atoms with E-state index in [9.17, 15) is 14.4 Å². The van der Waals surface area contributed by atoms with Crippen molar-refractivity contribution in [1.29, 1.82) is 0 Å². The van der Waals surface area contributed by atoms with Crippen molar-refractivity contribution in [2.24, 2.45) is 0 Å². The second kappa shape index (κ2) is 3.74. The van der Waals surface area contributed by atoms with E-state index in [1.165, 1.54) is 6.07 Å². The minimum Gasteiger partial charge on any atom is -0.294 e. The number of fused-ring (bicyclic) bond motifs is 3. The van der Waals surface area contributed by atoms with Crippen LogP contribution < -0.4 is 0 Å². The molecule has 0 radical (unpaired) electrons. The summed E-state index contributed by atoms with van der Waals surface area (Å²) >= 11 is 0. The van der Waals surface area contributed by atoms with Gasteiger partial charge < -0.3 is 0 Å². The van der Waals surface area contributed by atoms with Crippen molar-refractivity contribution < 1.29 is 14.4 Å². The van der Waals surface area contributed by atoms with Gasteiger partial charge in [-0.05, 0) is 17.2 Å². The van der Waals surface area contributed by atoms with Crippen LogP contribution >= 0.6 is 0 Å². The molecule has 18 heavy (non-hydrogen) atoms. The lowest BCUT2D eigenvalue weighted by molar-refractivity contribution is -0.104. The summed E-state index contributed by atoms with van der Waals surface area (Å²) in [5, 5.41) is 0. The van der Waals surface area contributed by atoms with Crippen LogP contribution in [-0.2, 0) is 4.79 Å². The Balaban J connectivity index is 2.23. The molecule has 1 aliphatic carbocycles. The molecule has 0 aromatic heterocycles. The number of Topliss-reactive ketones (excluding diaryl/α,β-unsaturated/α-hetero) is 1. The molecule has 0 heterocycles. The summed E-state index contributed by atoms with van der Waals surface area (Å²) in [5.41, 5.74) is 3.08. The molecule has 3 rings (SSSR count). The number of aldehydes is 1. The van der Waals surface area contributed by atoms with Gasteiger partial charge in [0.2, 0.25) is 5.78 Å². The molecule has 3 heteroatoms. The van der Waals surface area contributed by atoms with Crippen LogP contribution in [0.25, 0.3) is 11.1 Å². The van der Waals surface area contributed by atoms with Crippen LogP contribution in [0, 0.1) is 0 Å². The Morgan fingerprint density at radius 3 is 2.28 bits per heavy atom. The molecule has 0 saturated carbocycles. The SMILES string of the molecule is O=CC(=O)c1ccc2c(c1)C(=O)c1ccccc1-2. The normalized spacial score (nSPS) is 11.9. The van der Waals surface area contributed by atoms with E-state index in [0.717, 1.165) is 11.1 Å². The molecule has 0 N–H and O–H groups in total. The molecule has 0 spiro atoms. The number of hydrogen-bond acceptors (Lipinski definition) is 3. The predicted molar refractivity (Wildman–Crippen MR) is 65.7 cm³/mol. The van der Waals surface area contributed by atoms with Crippen molar-refractivity contribution in [3.63, 3.8) is 0 Å². The highest BCUT2D eigenvalue weighted by Crippen LogP contribution is 2.36. The number of rotatable bonds is 2. The highest BCUT2D eigenvalue weighted by Gasteiger charge is 2.26. The average molecular weight is 236 g/mol. The summed E-state index contributed by atoms with van der Waals surface area (Å²) in [7, 11) is 0. The van der Waals surface area contributed by atoms with Crippen molar-refractivity contribution in [2.45, 2.75) is 0 Å². The fourth-order valence-electron chi connectivity index (χ4n) is 2.25. The zero-order chi connectivity index (χ0) is 12.7. The Labute approximate surface area is 103 Å². The van der Waals surface area contributed by atoms with Gasteiger partial charge in [0.15, 0.2) is 12.1 Å². The van der Waals surface area contributed by atoms with E-state index in [-0.39, 0.29) is 17.6 Å². The third-order valence-corrected chi connectivity index (χ3v) is 3.12. The number of benzene rings is 2. The monoisotopic (exact) mass is 236 g/mol. The Morgan fingerprint density at radius 1 is 0.889 bits per heavy atom. The lowest BCUT2D eigenvalue weighted by Crippen LogP contribution is -2.02. The summed E-state index contributed by atoms with van der Waals surface area (Å²) in [6.45, 7) is 0. The molecule has 0 fully saturated rings. The number of carbonyl (C=O) groups excluding carboxylic acids is 3. The third-order valence-electron chi connectivity index (χ3n) is 3.12. The summed E-state index contributed by atoms with van der Waals surface area (Å²) in [6.07, 6.45) is 0.258. The van der Waals surface area contributed by atoms with E-state index < -0.39 is 5.78 Å². The number of hydrogen-bond donors (Lipinski definition) is 0. The van der Waals surface area contributed by atoms with E-state index in [1.807, 2.05) is 12.1 Å². The highest BCUT2D eigenvalue weighted by molar-refractivity contribution is 6.34. The zero-order valence-corrected chi connectivity index (χ0v) is 9.34. The molecule has 2 aromatic rings. The molecule has 1 aliphatic rings. The quantitative estimate of drug-likeness (QED) is 0.389. The standard InChI is InChI=1S/C15H8O3/c16-8-14(17)9-5-6-11-10-3-1-2-4-12(10)15(18)13(11)7-9/h1-8H. The second-order valence-electron chi connectivity index (χ2n) is 4.12. The average Bonchev–Trinajstić information content (AvgIpc) is 2.72. The van der Waals surface area contributed by atoms with E-state index in [4.69, 9.17) is 0 Å². The summed E-state index contributed by atoms with van der Waals surface area (Å²) in [5.74, 6) is -0.706. The van der Waals surface area contributed by atoms with Gasteiger partial charge in [-0.3, -0.25) is 14.4 Å². The maximum atomic E-state index is 12.2. The molecule has 0 unspecified atom stereocenters. The minimum absolute atomic E-state index is 0.0962. The van der Waals surface area contributed by atoms with Crippen LogP contribution in [0.4, 0.5) is 0 Å². The molecule has 0 saturated heterocycles. The first-order valence-corrected chi connectivity index (χ1v) is 5.50. The molecule has 2 aromatic carbocycles. The fraction of sp³-hybridized carbons (Fsp3) is 0. The van der Waals surface area contributed by atoms with Gasteiger partial charge in [0, 0.05) is 16.7 Å². The van der Waals surface area contributed by atoms with Gasteiger partial charge in [0.1, 0.15) is 0 Å². The Bertz CT molecular complexity index is 699. The summed E-state index contributed by atoms with van der Waals surface area (Å²) in [4.78, 5) is 33.9. The van der Waals surface area contributed by atoms with Crippen LogP contribution in [0.15, 0.2) is 42.5 Å². The Kier molecular flexibility index (Phi) is 2.20. The lowest BCUT2D eigenvalue weighted by atomic mass is 10.0. The van der Waals surface area contributed by atoms with Gasteiger partial charge in [-0.2, -0.15) is 0 Å². The van der Waals surface area contributed by atoms with Gasteiger partial charge in [-0.1, -0.05) is 36.4 Å². The Morgan fingerprint density at radius 2 is 1.56 bits per heavy atom. The van der Waals surface area contributed by atoms with Crippen LogP contribution in [0.5, 0.6) is 0 Å². The molecule has 3 nitrogen and oxygen atoms in total. The first-order valence-electron chi connectivity index (χ1n) is 5.50. The Hall–Kier alpha value is -2.55. The summed E-state index contributed by atoms with van der Waals surface area (Å²) in [6, 6.07) is 12.1. The van der Waals surface area contributed by atoms with Crippen molar-refractivity contribution >= 4 is 17.9 Å². The van der Waals surface area contributed by atoms with Gasteiger partial charge in [0.25, 0.3) is 0 Å². The van der Waals surface area contributed by atoms with Gasteiger partial charge >= 0.3 is 0 Å². The van der Waals surface area contributed by atoms with Crippen molar-refractivity contribution in [2.75, 3.05) is 0 Å². The van der Waals surface area contributed by atoms with Crippen LogP contribution in [0.1, 0.15) is 26.3 Å². The van der Waals surface area contributed by atoms with Crippen molar-refractivity contribution in [3.8, 4) is 11.1 Å². The molecule has 0 atom stereocenters. The predicted octanol–water partition coefficient (Wildman–Crippen LogP) is 2.28. The first kappa shape index (κ1) is 10.6. The highest BCUT2D eigenvalue weighted by atomic mass is 16.2. The van der Waals surface area contributed by atoms with Gasteiger partial charge in [-0.25, -0.2) is 0 Å². The largest absolute Gasteiger partial charge is 0.294 e. The zero-order valence-electron chi connectivity index (χ0n) is 9.34. The second-order valence-corrected chi connectivity index (χ2v) is 4.12. The van der Waals surface area contributed by atoms with Crippen LogP contribution in [0.3, 0.4) is 0 Å². The van der Waals surface area contributed by atoms with Crippen LogP contribution in [0.2, 0.25) is 0 Å². The fourth-order valence-corrected chi connectivity index (χ4v) is 2.25. The molecule has 0 aliphatic heterocycles. The van der Waals surface area contributed by atoms with Crippen molar-refractivity contribution in [3.05, 3.63) is 59.2 Å². The van der Waals surface area contributed by atoms with Crippen LogP contribution in [-0.4, -0.2) is 17.9 Å². The topological polar surface area (TPSA) is 51.2 Å². The molecular formula is C15H8O3. The van der Waals surface area contributed by atoms with E-state index >= 15 is 0 Å². The third kappa shape index (κ3) is 1.34. The lowest BCUT2D eigenvalue weighted by Gasteiger charge is -2.00. The summed E-state index contributed by atoms with van der Waals surface area (Å²) < 4.78 is 0. The minimum atomic E-state index is -0.610. The molecule has 0 bridgehead atoms. The van der Waals surface area contributed by atoms with Crippen molar-refractivity contribution in [1.82, 2.24) is 0 Å². The van der Waals surface area contributed by atoms with Gasteiger partial charge in [-0.15, -0.1) is 0 Å². The van der Waals surface area contributed by atoms with E-state index in [2.05, 4.69) is 0 Å². The maximum absolute atomic E-state index is 12.2. The first-order chi connectivity index (χ1) is 8.72.